The molecule has 4 aromatic carbocycles. The first-order chi connectivity index (χ1) is 17.5. The number of carbonyl (C=O) groups excluding carboxylic acids is 1. The Labute approximate surface area is 206 Å². The molecule has 1 aliphatic rings. The highest BCUT2D eigenvalue weighted by Crippen LogP contribution is 2.42. The molecule has 36 heavy (non-hydrogen) atoms. The van der Waals surface area contributed by atoms with Gasteiger partial charge < -0.3 is 9.15 Å². The second-order valence-corrected chi connectivity index (χ2v) is 8.72. The number of nitrogens with zero attached hydrogens (tertiary/aromatic N) is 1. The fourth-order valence-corrected chi connectivity index (χ4v) is 4.60. The quantitative estimate of drug-likeness (QED) is 0.286. The largest absolute Gasteiger partial charge is 0.457 e. The first kappa shape index (κ1) is 21.8. The highest BCUT2D eigenvalue weighted by Gasteiger charge is 2.43. The van der Waals surface area contributed by atoms with Crippen LogP contribution in [0.25, 0.3) is 11.0 Å². The number of benzene rings is 4. The topological polar surface area (TPSA) is 59.8 Å². The van der Waals surface area contributed by atoms with Gasteiger partial charge in [-0.2, -0.15) is 0 Å². The molecule has 5 aromatic rings. The monoisotopic (exact) mass is 477 g/mol. The number of carbonyl (C=O) groups is 1. The van der Waals surface area contributed by atoms with Gasteiger partial charge in [0.1, 0.15) is 22.9 Å². The number of rotatable bonds is 4. The number of fused-ring (bicyclic) bond motifs is 2. The van der Waals surface area contributed by atoms with E-state index in [-0.39, 0.29) is 22.3 Å². The minimum Gasteiger partial charge on any atom is -0.457 e. The van der Waals surface area contributed by atoms with E-state index in [2.05, 4.69) is 0 Å². The van der Waals surface area contributed by atoms with Crippen molar-refractivity contribution in [2.45, 2.75) is 13.0 Å². The molecule has 176 valence electrons. The predicted molar refractivity (Wildman–Crippen MR) is 135 cm³/mol. The smallest absolute Gasteiger partial charge is 0.295 e. The Morgan fingerprint density at radius 2 is 1.58 bits per heavy atom. The predicted octanol–water partition coefficient (Wildman–Crippen LogP) is 6.78. The fraction of sp³-hybridized carbons (Fsp3) is 0.0667. The average molecular weight is 477 g/mol. The molecule has 0 saturated heterocycles. The van der Waals surface area contributed by atoms with Crippen molar-refractivity contribution < 1.29 is 18.3 Å². The van der Waals surface area contributed by atoms with Gasteiger partial charge in [-0.05, 0) is 67.1 Å². The van der Waals surface area contributed by atoms with Crippen LogP contribution in [0.1, 0.15) is 33.3 Å². The minimum atomic E-state index is -0.779. The van der Waals surface area contributed by atoms with E-state index in [1.807, 2.05) is 79.7 Å². The van der Waals surface area contributed by atoms with Gasteiger partial charge in [0.2, 0.25) is 5.76 Å². The van der Waals surface area contributed by atoms with Gasteiger partial charge in [0.05, 0.1) is 17.0 Å². The number of para-hydroxylation sites is 1. The molecule has 0 saturated carbocycles. The molecule has 0 bridgehead atoms. The Morgan fingerprint density at radius 1 is 0.833 bits per heavy atom. The van der Waals surface area contributed by atoms with E-state index in [0.29, 0.717) is 22.7 Å². The molecule has 1 atom stereocenters. The first-order valence-corrected chi connectivity index (χ1v) is 11.5. The molecule has 1 unspecified atom stereocenters. The number of ether oxygens (including phenoxy) is 1. The lowest BCUT2D eigenvalue weighted by Crippen LogP contribution is -2.29. The van der Waals surface area contributed by atoms with Crippen LogP contribution in [0.15, 0.2) is 106 Å². The maximum atomic E-state index is 14.0. The third-order valence-electron chi connectivity index (χ3n) is 6.30. The maximum Gasteiger partial charge on any atom is 0.295 e. The first-order valence-electron chi connectivity index (χ1n) is 11.5. The third kappa shape index (κ3) is 3.64. The van der Waals surface area contributed by atoms with E-state index in [4.69, 9.17) is 9.15 Å². The van der Waals surface area contributed by atoms with Crippen molar-refractivity contribution in [1.82, 2.24) is 0 Å². The highest BCUT2D eigenvalue weighted by atomic mass is 19.1. The second-order valence-electron chi connectivity index (χ2n) is 8.72. The summed E-state index contributed by atoms with van der Waals surface area (Å²) in [6.07, 6.45) is 0. The Bertz CT molecular complexity index is 1680. The van der Waals surface area contributed by atoms with Crippen molar-refractivity contribution in [3.8, 4) is 11.5 Å². The molecule has 0 aliphatic carbocycles. The van der Waals surface area contributed by atoms with E-state index in [0.717, 1.165) is 11.6 Å². The number of aryl methyl sites for hydroxylation is 1. The lowest BCUT2D eigenvalue weighted by Gasteiger charge is -2.25. The van der Waals surface area contributed by atoms with Crippen LogP contribution < -0.4 is 15.1 Å². The van der Waals surface area contributed by atoms with Crippen LogP contribution in [0.4, 0.5) is 10.1 Å². The van der Waals surface area contributed by atoms with Crippen LogP contribution in [0.3, 0.4) is 0 Å². The summed E-state index contributed by atoms with van der Waals surface area (Å²) in [5.41, 5.74) is 2.22. The Morgan fingerprint density at radius 3 is 2.36 bits per heavy atom. The summed E-state index contributed by atoms with van der Waals surface area (Å²) in [5.74, 6) is 0.188. The summed E-state index contributed by atoms with van der Waals surface area (Å²) in [7, 11) is 0. The second kappa shape index (κ2) is 8.50. The Kier molecular flexibility index (Phi) is 5.15. The van der Waals surface area contributed by atoms with Gasteiger partial charge in [0.25, 0.3) is 5.91 Å². The van der Waals surface area contributed by atoms with Crippen molar-refractivity contribution >= 4 is 22.6 Å². The highest BCUT2D eigenvalue weighted by molar-refractivity contribution is 6.10. The lowest BCUT2D eigenvalue weighted by atomic mass is 9.98. The van der Waals surface area contributed by atoms with Gasteiger partial charge >= 0.3 is 0 Å². The van der Waals surface area contributed by atoms with Gasteiger partial charge in [-0.15, -0.1) is 0 Å². The molecular weight excluding hydrogens is 457 g/mol. The van der Waals surface area contributed by atoms with Crippen molar-refractivity contribution in [1.29, 1.82) is 0 Å². The van der Waals surface area contributed by atoms with E-state index < -0.39 is 23.2 Å². The number of amides is 1. The molecule has 1 amide bonds. The SMILES string of the molecule is Cc1ccc(N2C(=O)c3oc4ccc(F)cc4c(=O)c3C2c2cccc(Oc3ccccc3)c2)cc1. The Balaban J connectivity index is 1.55. The van der Waals surface area contributed by atoms with Gasteiger partial charge in [-0.25, -0.2) is 4.39 Å². The van der Waals surface area contributed by atoms with Gasteiger partial charge in [-0.3, -0.25) is 14.5 Å². The molecule has 1 aromatic heterocycles. The van der Waals surface area contributed by atoms with Crippen LogP contribution in [0.5, 0.6) is 11.5 Å². The van der Waals surface area contributed by atoms with Crippen molar-refractivity contribution in [3.05, 3.63) is 136 Å². The molecule has 0 fully saturated rings. The van der Waals surface area contributed by atoms with Gasteiger partial charge in [0.15, 0.2) is 5.43 Å². The molecule has 0 N–H and O–H groups in total. The summed E-state index contributed by atoms with van der Waals surface area (Å²) in [6.45, 7) is 1.96. The van der Waals surface area contributed by atoms with Crippen molar-refractivity contribution in [3.63, 3.8) is 0 Å². The zero-order valence-corrected chi connectivity index (χ0v) is 19.3. The van der Waals surface area contributed by atoms with E-state index in [1.165, 1.54) is 12.1 Å². The zero-order valence-electron chi connectivity index (χ0n) is 19.3. The fourth-order valence-electron chi connectivity index (χ4n) is 4.60. The summed E-state index contributed by atoms with van der Waals surface area (Å²) < 4.78 is 26.0. The molecule has 5 nitrogen and oxygen atoms in total. The third-order valence-corrected chi connectivity index (χ3v) is 6.30. The van der Waals surface area contributed by atoms with Crippen LogP contribution >= 0.6 is 0 Å². The van der Waals surface area contributed by atoms with Gasteiger partial charge in [-0.1, -0.05) is 48.0 Å². The van der Waals surface area contributed by atoms with Crippen molar-refractivity contribution in [2.75, 3.05) is 4.90 Å². The minimum absolute atomic E-state index is 0.0425. The molecule has 1 aliphatic heterocycles. The standard InChI is InChI=1S/C30H20FNO4/c1-18-10-13-21(14-11-18)32-27(19-6-5-9-23(16-19)35-22-7-3-2-4-8-22)26-28(33)24-17-20(31)12-15-25(24)36-29(26)30(32)34/h2-17,27H,1H3. The Hall–Kier alpha value is -4.71. The van der Waals surface area contributed by atoms with E-state index in [9.17, 15) is 14.0 Å². The number of anilines is 1. The molecular formula is C30H20FNO4. The van der Waals surface area contributed by atoms with Crippen LogP contribution in [0, 0.1) is 12.7 Å². The molecule has 6 heteroatoms. The molecule has 0 radical (unpaired) electrons. The van der Waals surface area contributed by atoms with Crippen molar-refractivity contribution in [2.24, 2.45) is 0 Å². The summed E-state index contributed by atoms with van der Waals surface area (Å²) in [4.78, 5) is 28.9. The zero-order chi connectivity index (χ0) is 24.8. The summed E-state index contributed by atoms with van der Waals surface area (Å²) in [5, 5.41) is 0.0917. The number of hydrogen-bond donors (Lipinski definition) is 0. The van der Waals surface area contributed by atoms with E-state index in [1.54, 1.807) is 11.0 Å². The van der Waals surface area contributed by atoms with Gasteiger partial charge in [0, 0.05) is 5.69 Å². The molecule has 6 rings (SSSR count). The lowest BCUT2D eigenvalue weighted by molar-refractivity contribution is 0.0971. The van der Waals surface area contributed by atoms with Crippen LogP contribution in [-0.2, 0) is 0 Å². The normalized spacial score (nSPS) is 14.8. The molecule has 0 spiro atoms. The van der Waals surface area contributed by atoms with Crippen LogP contribution in [-0.4, -0.2) is 5.91 Å². The summed E-state index contributed by atoms with van der Waals surface area (Å²) >= 11 is 0. The molecule has 2 heterocycles. The maximum absolute atomic E-state index is 14.0. The summed E-state index contributed by atoms with van der Waals surface area (Å²) in [6, 6.07) is 27.0. The van der Waals surface area contributed by atoms with Crippen LogP contribution in [0.2, 0.25) is 0 Å². The average Bonchev–Trinajstić information content (AvgIpc) is 3.18. The number of hydrogen-bond acceptors (Lipinski definition) is 4. The number of halogens is 1. The van der Waals surface area contributed by atoms with E-state index >= 15 is 0 Å².